The minimum atomic E-state index is 0.670. The zero-order valence-corrected chi connectivity index (χ0v) is 11.2. The summed E-state index contributed by atoms with van der Waals surface area (Å²) in [7, 11) is 2.04. The van der Waals surface area contributed by atoms with Crippen LogP contribution in [-0.4, -0.2) is 25.1 Å². The average Bonchev–Trinajstić information content (AvgIpc) is 2.34. The minimum absolute atomic E-state index is 0.670. The lowest BCUT2D eigenvalue weighted by Crippen LogP contribution is -2.17. The summed E-state index contributed by atoms with van der Waals surface area (Å²) in [4.78, 5) is 0. The Labute approximate surface area is 104 Å². The number of hydrogen-bond acceptors (Lipinski definition) is 2. The van der Waals surface area contributed by atoms with Crippen LogP contribution in [0.4, 0.5) is 0 Å². The van der Waals surface area contributed by atoms with Crippen LogP contribution in [-0.2, 0) is 0 Å². The molecule has 0 radical (unpaired) electrons. The summed E-state index contributed by atoms with van der Waals surface area (Å²) in [5.41, 5.74) is 1.47. The Balaban J connectivity index is 2.41. The molecule has 0 saturated heterocycles. The zero-order chi connectivity index (χ0) is 11.6. The number of rotatable bonds is 8. The van der Waals surface area contributed by atoms with Gasteiger partial charge in [0.15, 0.2) is 0 Å². The number of nitrogens with one attached hydrogen (secondary N) is 1. The van der Waals surface area contributed by atoms with Crippen molar-refractivity contribution in [1.82, 2.24) is 5.32 Å². The standard InChI is InChI=1S/C14H23NS/c1-3-16-11-7-10-14(12-15-2)13-8-5-4-6-9-13/h4-6,8-9,14-15H,3,7,10-12H2,1-2H3. The van der Waals surface area contributed by atoms with Crippen LogP contribution in [0.15, 0.2) is 30.3 Å². The summed E-state index contributed by atoms with van der Waals surface area (Å²) >= 11 is 2.04. The van der Waals surface area contributed by atoms with Crippen LogP contribution in [0.1, 0.15) is 31.2 Å². The summed E-state index contributed by atoms with van der Waals surface area (Å²) in [5.74, 6) is 3.20. The van der Waals surface area contributed by atoms with Gasteiger partial charge in [-0.1, -0.05) is 37.3 Å². The molecule has 1 rings (SSSR count). The Morgan fingerprint density at radius 2 is 2.00 bits per heavy atom. The molecule has 0 aromatic heterocycles. The number of hydrogen-bond donors (Lipinski definition) is 1. The molecule has 1 aromatic carbocycles. The van der Waals surface area contributed by atoms with Crippen molar-refractivity contribution < 1.29 is 0 Å². The molecule has 90 valence electrons. The lowest BCUT2D eigenvalue weighted by atomic mass is 9.94. The SMILES string of the molecule is CCSCCCC(CNC)c1ccccc1. The van der Waals surface area contributed by atoms with Crippen LogP contribution < -0.4 is 5.32 Å². The summed E-state index contributed by atoms with van der Waals surface area (Å²) < 4.78 is 0. The van der Waals surface area contributed by atoms with Gasteiger partial charge < -0.3 is 5.32 Å². The zero-order valence-electron chi connectivity index (χ0n) is 10.4. The Morgan fingerprint density at radius 3 is 2.62 bits per heavy atom. The molecular formula is C14H23NS. The van der Waals surface area contributed by atoms with Crippen LogP contribution in [0.3, 0.4) is 0 Å². The second kappa shape index (κ2) is 8.66. The molecule has 0 saturated carbocycles. The highest BCUT2D eigenvalue weighted by Crippen LogP contribution is 2.21. The molecule has 0 heterocycles. The van der Waals surface area contributed by atoms with Crippen molar-refractivity contribution in [1.29, 1.82) is 0 Å². The molecule has 1 aromatic rings. The Hall–Kier alpha value is -0.470. The summed E-state index contributed by atoms with van der Waals surface area (Å²) in [6, 6.07) is 10.9. The van der Waals surface area contributed by atoms with Gasteiger partial charge in [-0.3, -0.25) is 0 Å². The van der Waals surface area contributed by atoms with Gasteiger partial charge in [0.25, 0.3) is 0 Å². The van der Waals surface area contributed by atoms with E-state index in [1.54, 1.807) is 0 Å². The molecule has 1 N–H and O–H groups in total. The Morgan fingerprint density at radius 1 is 1.25 bits per heavy atom. The summed E-state index contributed by atoms with van der Waals surface area (Å²) in [6.07, 6.45) is 2.61. The van der Waals surface area contributed by atoms with E-state index >= 15 is 0 Å². The molecule has 0 bridgehead atoms. The Kier molecular flexibility index (Phi) is 7.35. The Bertz CT molecular complexity index is 261. The molecule has 1 atom stereocenters. The van der Waals surface area contributed by atoms with Gasteiger partial charge in [-0.05, 0) is 42.9 Å². The third-order valence-electron chi connectivity index (χ3n) is 2.77. The maximum atomic E-state index is 3.30. The normalized spacial score (nSPS) is 12.6. The van der Waals surface area contributed by atoms with Crippen LogP contribution >= 0.6 is 11.8 Å². The third kappa shape index (κ3) is 5.04. The van der Waals surface area contributed by atoms with E-state index in [0.29, 0.717) is 5.92 Å². The average molecular weight is 237 g/mol. The molecule has 0 spiro atoms. The van der Waals surface area contributed by atoms with Crippen molar-refractivity contribution >= 4 is 11.8 Å². The van der Waals surface area contributed by atoms with Gasteiger partial charge in [0, 0.05) is 6.54 Å². The quantitative estimate of drug-likeness (QED) is 0.694. The molecule has 1 unspecified atom stereocenters. The number of thioether (sulfide) groups is 1. The van der Waals surface area contributed by atoms with Gasteiger partial charge in [0.2, 0.25) is 0 Å². The maximum absolute atomic E-state index is 3.30. The van der Waals surface area contributed by atoms with Gasteiger partial charge in [-0.15, -0.1) is 0 Å². The lowest BCUT2D eigenvalue weighted by Gasteiger charge is -2.16. The largest absolute Gasteiger partial charge is 0.319 e. The van der Waals surface area contributed by atoms with Crippen molar-refractivity contribution in [2.75, 3.05) is 25.1 Å². The fourth-order valence-electron chi connectivity index (χ4n) is 1.93. The molecule has 0 amide bonds. The van der Waals surface area contributed by atoms with E-state index in [2.05, 4.69) is 42.6 Å². The van der Waals surface area contributed by atoms with Crippen LogP contribution in [0, 0.1) is 0 Å². The highest BCUT2D eigenvalue weighted by atomic mass is 32.2. The first kappa shape index (κ1) is 13.6. The van der Waals surface area contributed by atoms with Crippen molar-refractivity contribution in [2.45, 2.75) is 25.7 Å². The van der Waals surface area contributed by atoms with E-state index in [-0.39, 0.29) is 0 Å². The first-order valence-corrected chi connectivity index (χ1v) is 7.31. The van der Waals surface area contributed by atoms with E-state index in [1.165, 1.54) is 29.9 Å². The number of likely N-dealkylation sites (N-methyl/N-ethyl adjacent to an activating group) is 1. The van der Waals surface area contributed by atoms with Crippen LogP contribution in [0.2, 0.25) is 0 Å². The number of benzene rings is 1. The van der Waals surface area contributed by atoms with E-state index in [0.717, 1.165) is 6.54 Å². The smallest absolute Gasteiger partial charge is 0.00171 e. The van der Waals surface area contributed by atoms with Gasteiger partial charge in [0.1, 0.15) is 0 Å². The predicted octanol–water partition coefficient (Wildman–Crippen LogP) is 3.52. The summed E-state index contributed by atoms with van der Waals surface area (Å²) in [6.45, 7) is 3.31. The highest BCUT2D eigenvalue weighted by molar-refractivity contribution is 7.99. The molecular weight excluding hydrogens is 214 g/mol. The van der Waals surface area contributed by atoms with Crippen LogP contribution in [0.25, 0.3) is 0 Å². The molecule has 0 aliphatic rings. The van der Waals surface area contributed by atoms with Gasteiger partial charge in [0.05, 0.1) is 0 Å². The topological polar surface area (TPSA) is 12.0 Å². The molecule has 16 heavy (non-hydrogen) atoms. The first-order chi connectivity index (χ1) is 7.88. The van der Waals surface area contributed by atoms with Crippen molar-refractivity contribution in [3.63, 3.8) is 0 Å². The monoisotopic (exact) mass is 237 g/mol. The van der Waals surface area contributed by atoms with E-state index in [1.807, 2.05) is 18.8 Å². The van der Waals surface area contributed by atoms with E-state index in [9.17, 15) is 0 Å². The summed E-state index contributed by atoms with van der Waals surface area (Å²) in [5, 5.41) is 3.30. The fraction of sp³-hybridized carbons (Fsp3) is 0.571. The minimum Gasteiger partial charge on any atom is -0.319 e. The first-order valence-electron chi connectivity index (χ1n) is 6.15. The van der Waals surface area contributed by atoms with Crippen LogP contribution in [0.5, 0.6) is 0 Å². The molecule has 0 fully saturated rings. The molecule has 0 aliphatic carbocycles. The van der Waals surface area contributed by atoms with Gasteiger partial charge in [-0.25, -0.2) is 0 Å². The maximum Gasteiger partial charge on any atom is 0.00171 e. The lowest BCUT2D eigenvalue weighted by molar-refractivity contribution is 0.578. The van der Waals surface area contributed by atoms with Gasteiger partial charge in [-0.2, -0.15) is 11.8 Å². The highest BCUT2D eigenvalue weighted by Gasteiger charge is 2.09. The van der Waals surface area contributed by atoms with Gasteiger partial charge >= 0.3 is 0 Å². The van der Waals surface area contributed by atoms with Crippen molar-refractivity contribution in [2.24, 2.45) is 0 Å². The third-order valence-corrected chi connectivity index (χ3v) is 3.75. The molecule has 1 nitrogen and oxygen atoms in total. The fourth-order valence-corrected chi connectivity index (χ4v) is 2.59. The van der Waals surface area contributed by atoms with Crippen molar-refractivity contribution in [3.8, 4) is 0 Å². The second-order valence-electron chi connectivity index (χ2n) is 4.00. The van der Waals surface area contributed by atoms with Crippen molar-refractivity contribution in [3.05, 3.63) is 35.9 Å². The second-order valence-corrected chi connectivity index (χ2v) is 5.40. The van der Waals surface area contributed by atoms with E-state index in [4.69, 9.17) is 0 Å². The molecule has 2 heteroatoms. The molecule has 0 aliphatic heterocycles. The van der Waals surface area contributed by atoms with E-state index < -0.39 is 0 Å². The predicted molar refractivity (Wildman–Crippen MR) is 75.3 cm³/mol.